The molecule has 0 amide bonds. The second kappa shape index (κ2) is 6.44. The lowest BCUT2D eigenvalue weighted by atomic mass is 10.1. The summed E-state index contributed by atoms with van der Waals surface area (Å²) < 4.78 is 14.5. The fourth-order valence-electron chi connectivity index (χ4n) is 2.94. The molecule has 3 aromatic carbocycles. The lowest BCUT2D eigenvalue weighted by molar-refractivity contribution is 0.627. The highest BCUT2D eigenvalue weighted by Gasteiger charge is 2.11. The van der Waals surface area contributed by atoms with E-state index < -0.39 is 0 Å². The van der Waals surface area contributed by atoms with Gasteiger partial charge in [-0.05, 0) is 42.6 Å². The molecule has 128 valence electrons. The van der Waals surface area contributed by atoms with Crippen LogP contribution in [-0.2, 0) is 0 Å². The number of nitrogens with one attached hydrogen (secondary N) is 1. The Morgan fingerprint density at radius 3 is 2.54 bits per heavy atom. The Morgan fingerprint density at radius 1 is 1.00 bits per heavy atom. The van der Waals surface area contributed by atoms with Gasteiger partial charge >= 0.3 is 0 Å². The Balaban J connectivity index is 1.76. The van der Waals surface area contributed by atoms with Gasteiger partial charge in [0.25, 0.3) is 5.56 Å². The molecule has 5 heteroatoms. The molecule has 4 aromatic rings. The number of aromatic amines is 1. The standard InChI is InChI=1S/C21H16FN3O/c1-14-19(21(26)25(24-14)17-11-9-16(22)10-12-17)13-23-20-8-4-6-15-5-2-3-7-18(15)20/h2-13,24H,1H3. The van der Waals surface area contributed by atoms with Crippen LogP contribution in [0.1, 0.15) is 11.3 Å². The summed E-state index contributed by atoms with van der Waals surface area (Å²) in [5.74, 6) is -0.345. The number of halogens is 1. The largest absolute Gasteiger partial charge is 0.295 e. The van der Waals surface area contributed by atoms with Crippen molar-refractivity contribution < 1.29 is 4.39 Å². The summed E-state index contributed by atoms with van der Waals surface area (Å²) in [5, 5.41) is 5.13. The van der Waals surface area contributed by atoms with Gasteiger partial charge in [-0.25, -0.2) is 9.07 Å². The predicted octanol–water partition coefficient (Wildman–Crippen LogP) is 4.52. The highest BCUT2D eigenvalue weighted by atomic mass is 19.1. The first-order chi connectivity index (χ1) is 12.6. The summed E-state index contributed by atoms with van der Waals surface area (Å²) >= 11 is 0. The molecule has 26 heavy (non-hydrogen) atoms. The Morgan fingerprint density at radius 2 is 1.73 bits per heavy atom. The van der Waals surface area contributed by atoms with Gasteiger partial charge in [-0.15, -0.1) is 0 Å². The summed E-state index contributed by atoms with van der Waals surface area (Å²) in [6.07, 6.45) is 1.58. The van der Waals surface area contributed by atoms with Crippen molar-refractivity contribution in [2.24, 2.45) is 4.99 Å². The fraction of sp³-hybridized carbons (Fsp3) is 0.0476. The van der Waals surface area contributed by atoms with Crippen molar-refractivity contribution >= 4 is 22.7 Å². The number of aryl methyl sites for hydroxylation is 1. The second-order valence-corrected chi connectivity index (χ2v) is 6.02. The van der Waals surface area contributed by atoms with Crippen LogP contribution in [0.5, 0.6) is 0 Å². The maximum absolute atomic E-state index is 13.1. The van der Waals surface area contributed by atoms with Crippen LogP contribution in [0.3, 0.4) is 0 Å². The van der Waals surface area contributed by atoms with Gasteiger partial charge in [0.2, 0.25) is 0 Å². The first kappa shape index (κ1) is 16.0. The van der Waals surface area contributed by atoms with E-state index in [4.69, 9.17) is 0 Å². The minimum absolute atomic E-state index is 0.224. The van der Waals surface area contributed by atoms with E-state index in [1.165, 1.54) is 16.8 Å². The number of fused-ring (bicyclic) bond motifs is 1. The summed E-state index contributed by atoms with van der Waals surface area (Å²) in [6, 6.07) is 19.6. The smallest absolute Gasteiger partial charge is 0.280 e. The van der Waals surface area contributed by atoms with Crippen LogP contribution in [0.4, 0.5) is 10.1 Å². The number of H-pyrrole nitrogens is 1. The molecule has 0 aliphatic rings. The van der Waals surface area contributed by atoms with Crippen molar-refractivity contribution in [1.29, 1.82) is 0 Å². The average Bonchev–Trinajstić information content (AvgIpc) is 2.94. The molecule has 0 saturated carbocycles. The molecular weight excluding hydrogens is 329 g/mol. The number of rotatable bonds is 3. The summed E-state index contributed by atoms with van der Waals surface area (Å²) in [5.41, 5.74) is 2.32. The molecule has 0 unspecified atom stereocenters. The second-order valence-electron chi connectivity index (χ2n) is 6.02. The molecule has 0 radical (unpaired) electrons. The van der Waals surface area contributed by atoms with E-state index in [0.29, 0.717) is 16.9 Å². The molecule has 4 rings (SSSR count). The van der Waals surface area contributed by atoms with Crippen LogP contribution >= 0.6 is 0 Å². The molecule has 0 saturated heterocycles. The van der Waals surface area contributed by atoms with Gasteiger partial charge in [0, 0.05) is 17.3 Å². The third kappa shape index (κ3) is 2.84. The first-order valence-corrected chi connectivity index (χ1v) is 8.23. The Bertz CT molecular complexity index is 1160. The zero-order valence-corrected chi connectivity index (χ0v) is 14.1. The molecule has 0 bridgehead atoms. The molecule has 1 aromatic heterocycles. The number of nitrogens with zero attached hydrogens (tertiary/aromatic N) is 2. The number of benzene rings is 3. The predicted molar refractivity (Wildman–Crippen MR) is 102 cm³/mol. The van der Waals surface area contributed by atoms with Crippen LogP contribution in [0.2, 0.25) is 0 Å². The van der Waals surface area contributed by atoms with E-state index in [1.807, 2.05) is 49.4 Å². The molecule has 1 heterocycles. The SMILES string of the molecule is Cc1[nH]n(-c2ccc(F)cc2)c(=O)c1C=Nc1cccc2ccccc12. The van der Waals surface area contributed by atoms with Crippen LogP contribution in [-0.4, -0.2) is 16.0 Å². The van der Waals surface area contributed by atoms with E-state index in [1.54, 1.807) is 18.3 Å². The van der Waals surface area contributed by atoms with Crippen molar-refractivity contribution in [2.45, 2.75) is 6.92 Å². The molecule has 0 aliphatic heterocycles. The Hall–Kier alpha value is -3.47. The summed E-state index contributed by atoms with van der Waals surface area (Å²) in [6.45, 7) is 1.81. The third-order valence-electron chi connectivity index (χ3n) is 4.30. The lowest BCUT2D eigenvalue weighted by Crippen LogP contribution is -2.17. The van der Waals surface area contributed by atoms with Gasteiger partial charge in [-0.2, -0.15) is 0 Å². The molecule has 0 spiro atoms. The minimum Gasteiger partial charge on any atom is -0.295 e. The van der Waals surface area contributed by atoms with Gasteiger partial charge < -0.3 is 0 Å². The number of hydrogen-bond acceptors (Lipinski definition) is 2. The van der Waals surface area contributed by atoms with E-state index in [0.717, 1.165) is 16.5 Å². The highest BCUT2D eigenvalue weighted by molar-refractivity contribution is 5.95. The summed E-state index contributed by atoms with van der Waals surface area (Å²) in [4.78, 5) is 17.2. The third-order valence-corrected chi connectivity index (χ3v) is 4.30. The van der Waals surface area contributed by atoms with Crippen molar-refractivity contribution in [1.82, 2.24) is 9.78 Å². The van der Waals surface area contributed by atoms with E-state index >= 15 is 0 Å². The van der Waals surface area contributed by atoms with Crippen LogP contribution in [0, 0.1) is 12.7 Å². The maximum Gasteiger partial charge on any atom is 0.280 e. The Labute approximate surface area is 149 Å². The lowest BCUT2D eigenvalue weighted by Gasteiger charge is -2.00. The average molecular weight is 345 g/mol. The van der Waals surface area contributed by atoms with Crippen LogP contribution in [0.15, 0.2) is 76.5 Å². The zero-order valence-electron chi connectivity index (χ0n) is 14.1. The molecule has 0 aliphatic carbocycles. The first-order valence-electron chi connectivity index (χ1n) is 8.23. The minimum atomic E-state index is -0.345. The van der Waals surface area contributed by atoms with Crippen molar-refractivity contribution in [3.8, 4) is 5.69 Å². The fourth-order valence-corrected chi connectivity index (χ4v) is 2.94. The van der Waals surface area contributed by atoms with Crippen molar-refractivity contribution in [3.63, 3.8) is 0 Å². The maximum atomic E-state index is 13.1. The Kier molecular flexibility index (Phi) is 3.97. The van der Waals surface area contributed by atoms with Gasteiger partial charge in [0.1, 0.15) is 5.82 Å². The van der Waals surface area contributed by atoms with E-state index in [9.17, 15) is 9.18 Å². The number of hydrogen-bond donors (Lipinski definition) is 1. The van der Waals surface area contributed by atoms with Crippen LogP contribution < -0.4 is 5.56 Å². The molecule has 1 N–H and O–H groups in total. The van der Waals surface area contributed by atoms with E-state index in [2.05, 4.69) is 10.1 Å². The molecular formula is C21H16FN3O. The highest BCUT2D eigenvalue weighted by Crippen LogP contribution is 2.25. The monoisotopic (exact) mass is 345 g/mol. The van der Waals surface area contributed by atoms with Crippen LogP contribution in [0.25, 0.3) is 16.5 Å². The number of aromatic nitrogens is 2. The molecule has 0 fully saturated rings. The quantitative estimate of drug-likeness (QED) is 0.546. The number of aliphatic imine (C=N–C) groups is 1. The van der Waals surface area contributed by atoms with Gasteiger partial charge in [0.15, 0.2) is 0 Å². The van der Waals surface area contributed by atoms with Crippen molar-refractivity contribution in [3.05, 3.63) is 94.2 Å². The van der Waals surface area contributed by atoms with Gasteiger partial charge in [-0.3, -0.25) is 14.9 Å². The zero-order chi connectivity index (χ0) is 18.1. The van der Waals surface area contributed by atoms with E-state index in [-0.39, 0.29) is 11.4 Å². The molecule has 0 atom stereocenters. The van der Waals surface area contributed by atoms with Crippen molar-refractivity contribution in [2.75, 3.05) is 0 Å². The van der Waals surface area contributed by atoms with Gasteiger partial charge in [-0.1, -0.05) is 36.4 Å². The summed E-state index contributed by atoms with van der Waals surface area (Å²) in [7, 11) is 0. The van der Waals surface area contributed by atoms with Gasteiger partial charge in [0.05, 0.1) is 16.9 Å². The molecule has 4 nitrogen and oxygen atoms in total. The normalized spacial score (nSPS) is 11.5. The topological polar surface area (TPSA) is 50.1 Å².